The Hall–Kier alpha value is -0.660. The highest BCUT2D eigenvalue weighted by atomic mass is 32.2. The van der Waals surface area contributed by atoms with Crippen LogP contribution >= 0.6 is 0 Å². The van der Waals surface area contributed by atoms with Gasteiger partial charge in [0.15, 0.2) is 0 Å². The van der Waals surface area contributed by atoms with Crippen molar-refractivity contribution < 1.29 is 13.2 Å². The molecule has 2 N–H and O–H groups in total. The van der Waals surface area contributed by atoms with E-state index in [4.69, 9.17) is 0 Å². The van der Waals surface area contributed by atoms with Gasteiger partial charge < -0.3 is 10.2 Å². The zero-order valence-corrected chi connectivity index (χ0v) is 12.3. The average molecular weight is 277 g/mol. The van der Waals surface area contributed by atoms with Crippen molar-refractivity contribution in [2.24, 2.45) is 0 Å². The number of likely N-dealkylation sites (N-methyl/N-ethyl adjacent to an activating group) is 1. The van der Waals surface area contributed by atoms with E-state index in [1.165, 1.54) is 0 Å². The molecule has 0 spiro atoms. The van der Waals surface area contributed by atoms with Crippen LogP contribution in [0.2, 0.25) is 0 Å². The van der Waals surface area contributed by atoms with Gasteiger partial charge in [-0.3, -0.25) is 4.79 Å². The molecular formula is C11H23N3O3S. The van der Waals surface area contributed by atoms with Crippen LogP contribution in [0.3, 0.4) is 0 Å². The summed E-state index contributed by atoms with van der Waals surface area (Å²) in [7, 11) is -1.43. The van der Waals surface area contributed by atoms with Gasteiger partial charge in [0.2, 0.25) is 15.9 Å². The van der Waals surface area contributed by atoms with E-state index in [2.05, 4.69) is 10.0 Å². The lowest BCUT2D eigenvalue weighted by Crippen LogP contribution is -2.51. The van der Waals surface area contributed by atoms with Gasteiger partial charge in [0, 0.05) is 25.2 Å². The van der Waals surface area contributed by atoms with Gasteiger partial charge in [0.25, 0.3) is 0 Å². The molecule has 0 aliphatic heterocycles. The number of rotatable bonds is 7. The molecule has 106 valence electrons. The normalized spacial score (nSPS) is 16.7. The fourth-order valence-corrected chi connectivity index (χ4v) is 2.89. The first-order chi connectivity index (χ1) is 8.11. The molecule has 1 fully saturated rings. The van der Waals surface area contributed by atoms with E-state index in [0.717, 1.165) is 19.1 Å². The van der Waals surface area contributed by atoms with E-state index in [1.54, 1.807) is 18.7 Å². The molecule has 0 bridgehead atoms. The molecule has 6 nitrogen and oxygen atoms in total. The second-order valence-electron chi connectivity index (χ2n) is 5.60. The minimum absolute atomic E-state index is 0.0488. The van der Waals surface area contributed by atoms with E-state index in [1.807, 2.05) is 7.05 Å². The summed E-state index contributed by atoms with van der Waals surface area (Å²) < 4.78 is 24.8. The predicted molar refractivity (Wildman–Crippen MR) is 70.7 cm³/mol. The van der Waals surface area contributed by atoms with Crippen molar-refractivity contribution >= 4 is 15.9 Å². The van der Waals surface area contributed by atoms with E-state index in [-0.39, 0.29) is 12.5 Å². The van der Waals surface area contributed by atoms with Crippen LogP contribution in [-0.2, 0) is 14.8 Å². The largest absolute Gasteiger partial charge is 0.342 e. The van der Waals surface area contributed by atoms with Crippen LogP contribution in [0.1, 0.15) is 26.7 Å². The molecule has 1 aliphatic rings. The first-order valence-corrected chi connectivity index (χ1v) is 7.95. The molecule has 1 aliphatic carbocycles. The van der Waals surface area contributed by atoms with Crippen molar-refractivity contribution in [3.8, 4) is 0 Å². The van der Waals surface area contributed by atoms with E-state index < -0.39 is 15.6 Å². The summed E-state index contributed by atoms with van der Waals surface area (Å²) in [5, 5.41) is 2.99. The molecule has 1 rings (SSSR count). The topological polar surface area (TPSA) is 78.5 Å². The maximum absolute atomic E-state index is 11.7. The Balaban J connectivity index is 2.29. The van der Waals surface area contributed by atoms with E-state index in [9.17, 15) is 13.2 Å². The van der Waals surface area contributed by atoms with Gasteiger partial charge in [-0.15, -0.1) is 0 Å². The fraction of sp³-hybridized carbons (Fsp3) is 0.909. The quantitative estimate of drug-likeness (QED) is 0.659. The molecule has 7 heteroatoms. The molecule has 0 radical (unpaired) electrons. The third-order valence-electron chi connectivity index (χ3n) is 2.79. The summed E-state index contributed by atoms with van der Waals surface area (Å²) in [5.41, 5.74) is -0.605. The minimum atomic E-state index is -3.24. The number of amides is 1. The Bertz CT molecular complexity index is 402. The SMILES string of the molecule is CN(C(=O)CNCC(C)(C)NS(C)(=O)=O)C1CC1. The first kappa shape index (κ1) is 15.4. The van der Waals surface area contributed by atoms with Crippen molar-refractivity contribution in [2.45, 2.75) is 38.3 Å². The number of hydrogen-bond donors (Lipinski definition) is 2. The Labute approximate surface area is 109 Å². The van der Waals surface area contributed by atoms with E-state index >= 15 is 0 Å². The standard InChI is InChI=1S/C11H23N3O3S/c1-11(2,13-18(4,16)17)8-12-7-10(15)14(3)9-5-6-9/h9,12-13H,5-8H2,1-4H3. The summed E-state index contributed by atoms with van der Waals surface area (Å²) in [6.45, 7) is 4.19. The summed E-state index contributed by atoms with van der Waals surface area (Å²) in [5.74, 6) is 0.0488. The van der Waals surface area contributed by atoms with Crippen molar-refractivity contribution in [1.82, 2.24) is 14.9 Å². The number of carbonyl (C=O) groups is 1. The van der Waals surface area contributed by atoms with Gasteiger partial charge in [-0.05, 0) is 26.7 Å². The highest BCUT2D eigenvalue weighted by Crippen LogP contribution is 2.25. The number of nitrogens with one attached hydrogen (secondary N) is 2. The van der Waals surface area contributed by atoms with Crippen LogP contribution in [0.15, 0.2) is 0 Å². The summed E-state index contributed by atoms with van der Waals surface area (Å²) >= 11 is 0. The van der Waals surface area contributed by atoms with Gasteiger partial charge in [-0.25, -0.2) is 13.1 Å². The van der Waals surface area contributed by atoms with Crippen molar-refractivity contribution in [1.29, 1.82) is 0 Å². The second-order valence-corrected chi connectivity index (χ2v) is 7.35. The molecule has 0 aromatic rings. The monoisotopic (exact) mass is 277 g/mol. The van der Waals surface area contributed by atoms with Crippen molar-refractivity contribution in [3.05, 3.63) is 0 Å². The zero-order chi connectivity index (χ0) is 14.0. The smallest absolute Gasteiger partial charge is 0.236 e. The van der Waals surface area contributed by atoms with E-state index in [0.29, 0.717) is 12.6 Å². The summed E-state index contributed by atoms with van der Waals surface area (Å²) in [6, 6.07) is 0.404. The lowest BCUT2D eigenvalue weighted by atomic mass is 10.1. The van der Waals surface area contributed by atoms with Crippen LogP contribution in [0.4, 0.5) is 0 Å². The van der Waals surface area contributed by atoms with Crippen LogP contribution in [0.25, 0.3) is 0 Å². The molecular weight excluding hydrogens is 254 g/mol. The zero-order valence-electron chi connectivity index (χ0n) is 11.5. The molecule has 1 amide bonds. The van der Waals surface area contributed by atoms with Crippen LogP contribution in [0.5, 0.6) is 0 Å². The molecule has 18 heavy (non-hydrogen) atoms. The summed E-state index contributed by atoms with van der Waals surface area (Å²) in [4.78, 5) is 13.5. The highest BCUT2D eigenvalue weighted by Gasteiger charge is 2.29. The Morgan fingerprint density at radius 1 is 1.39 bits per heavy atom. The maximum Gasteiger partial charge on any atom is 0.236 e. The minimum Gasteiger partial charge on any atom is -0.342 e. The fourth-order valence-electron chi connectivity index (χ4n) is 1.81. The van der Waals surface area contributed by atoms with Crippen LogP contribution < -0.4 is 10.0 Å². The van der Waals surface area contributed by atoms with Gasteiger partial charge in [-0.2, -0.15) is 0 Å². The van der Waals surface area contributed by atoms with Gasteiger partial charge in [-0.1, -0.05) is 0 Å². The molecule has 0 unspecified atom stereocenters. The van der Waals surface area contributed by atoms with Gasteiger partial charge in [0.1, 0.15) is 0 Å². The number of carbonyl (C=O) groups excluding carboxylic acids is 1. The average Bonchev–Trinajstić information content (AvgIpc) is 2.94. The van der Waals surface area contributed by atoms with Crippen LogP contribution in [-0.4, -0.2) is 57.2 Å². The van der Waals surface area contributed by atoms with Crippen molar-refractivity contribution in [2.75, 3.05) is 26.4 Å². The van der Waals surface area contributed by atoms with Crippen LogP contribution in [0, 0.1) is 0 Å². The third kappa shape index (κ3) is 5.79. The molecule has 0 saturated heterocycles. The predicted octanol–water partition coefficient (Wildman–Crippen LogP) is -0.475. The lowest BCUT2D eigenvalue weighted by Gasteiger charge is -2.26. The summed E-state index contributed by atoms with van der Waals surface area (Å²) in [6.07, 6.45) is 3.30. The third-order valence-corrected chi connectivity index (χ3v) is 3.72. The van der Waals surface area contributed by atoms with Crippen molar-refractivity contribution in [3.63, 3.8) is 0 Å². The molecule has 0 aromatic heterocycles. The number of hydrogen-bond acceptors (Lipinski definition) is 4. The Kier molecular flexibility index (Phi) is 4.74. The molecule has 1 saturated carbocycles. The first-order valence-electron chi connectivity index (χ1n) is 6.06. The number of nitrogens with zero attached hydrogens (tertiary/aromatic N) is 1. The Morgan fingerprint density at radius 2 is 1.94 bits per heavy atom. The lowest BCUT2D eigenvalue weighted by molar-refractivity contribution is -0.129. The second kappa shape index (κ2) is 5.54. The Morgan fingerprint density at radius 3 is 2.39 bits per heavy atom. The maximum atomic E-state index is 11.7. The molecule has 0 aromatic carbocycles. The molecule has 0 heterocycles. The van der Waals surface area contributed by atoms with Gasteiger partial charge >= 0.3 is 0 Å². The van der Waals surface area contributed by atoms with Gasteiger partial charge in [0.05, 0.1) is 12.8 Å². The molecule has 0 atom stereocenters. The highest BCUT2D eigenvalue weighted by molar-refractivity contribution is 7.88. The number of sulfonamides is 1.